The minimum absolute atomic E-state index is 0.148. The summed E-state index contributed by atoms with van der Waals surface area (Å²) in [5.41, 5.74) is 7.04. The lowest BCUT2D eigenvalue weighted by Gasteiger charge is -2.15. The van der Waals surface area contributed by atoms with E-state index in [1.807, 2.05) is 24.3 Å². The van der Waals surface area contributed by atoms with Gasteiger partial charge in [-0.25, -0.2) is 0 Å². The Kier molecular flexibility index (Phi) is 6.09. The van der Waals surface area contributed by atoms with Gasteiger partial charge in [0.2, 0.25) is 0 Å². The van der Waals surface area contributed by atoms with Crippen LogP contribution in [0.15, 0.2) is 30.9 Å². The van der Waals surface area contributed by atoms with Gasteiger partial charge in [-0.1, -0.05) is 36.7 Å². The zero-order valence-corrected chi connectivity index (χ0v) is 11.0. The van der Waals surface area contributed by atoms with E-state index in [0.717, 1.165) is 30.6 Å². The number of hydrogen-bond donors (Lipinski definition) is 1. The van der Waals surface area contributed by atoms with Gasteiger partial charge >= 0.3 is 0 Å². The van der Waals surface area contributed by atoms with Crippen molar-refractivity contribution >= 4 is 11.6 Å². The van der Waals surface area contributed by atoms with Gasteiger partial charge in [0.05, 0.1) is 11.6 Å². The number of hydrogen-bond acceptors (Lipinski definition) is 2. The number of rotatable bonds is 7. The molecule has 3 heteroatoms. The summed E-state index contributed by atoms with van der Waals surface area (Å²) in [6.45, 7) is 6.34. The molecule has 0 saturated heterocycles. The maximum absolute atomic E-state index is 6.14. The first-order valence-electron chi connectivity index (χ1n) is 5.95. The van der Waals surface area contributed by atoms with E-state index in [4.69, 9.17) is 22.1 Å². The van der Waals surface area contributed by atoms with Crippen molar-refractivity contribution in [2.75, 3.05) is 6.61 Å². The minimum atomic E-state index is 0.148. The van der Waals surface area contributed by atoms with Crippen LogP contribution in [0.3, 0.4) is 0 Å². The van der Waals surface area contributed by atoms with Gasteiger partial charge < -0.3 is 10.5 Å². The van der Waals surface area contributed by atoms with Crippen LogP contribution in [0.25, 0.3) is 0 Å². The number of benzene rings is 1. The van der Waals surface area contributed by atoms with Gasteiger partial charge in [0.1, 0.15) is 5.75 Å². The zero-order chi connectivity index (χ0) is 12.7. The molecular weight excluding hydrogens is 234 g/mol. The molecule has 94 valence electrons. The number of halogens is 1. The van der Waals surface area contributed by atoms with Crippen molar-refractivity contribution in [3.63, 3.8) is 0 Å². The third-order valence-electron chi connectivity index (χ3n) is 2.62. The van der Waals surface area contributed by atoms with Crippen molar-refractivity contribution in [3.05, 3.63) is 41.4 Å². The second-order valence-corrected chi connectivity index (χ2v) is 4.43. The molecule has 0 aliphatic rings. The highest BCUT2D eigenvalue weighted by molar-refractivity contribution is 6.32. The van der Waals surface area contributed by atoms with Gasteiger partial charge in [0.15, 0.2) is 0 Å². The van der Waals surface area contributed by atoms with E-state index in [9.17, 15) is 0 Å². The Labute approximate surface area is 108 Å². The molecular formula is C14H20ClNO. The Bertz CT molecular complexity index is 365. The Morgan fingerprint density at radius 3 is 2.94 bits per heavy atom. The number of nitrogens with two attached hydrogens (primary N) is 1. The molecule has 0 aliphatic heterocycles. The summed E-state index contributed by atoms with van der Waals surface area (Å²) >= 11 is 6.14. The Balaban J connectivity index is 2.80. The molecule has 0 spiro atoms. The predicted octanol–water partition coefficient (Wildman–Crippen LogP) is 3.57. The molecule has 17 heavy (non-hydrogen) atoms. The lowest BCUT2D eigenvalue weighted by Crippen LogP contribution is -2.21. The first kappa shape index (κ1) is 14.1. The largest absolute Gasteiger partial charge is 0.491 e. The van der Waals surface area contributed by atoms with Crippen molar-refractivity contribution in [3.8, 4) is 5.75 Å². The van der Waals surface area contributed by atoms with Gasteiger partial charge in [-0.3, -0.25) is 0 Å². The molecule has 2 nitrogen and oxygen atoms in total. The fourth-order valence-corrected chi connectivity index (χ4v) is 1.80. The number of para-hydroxylation sites is 1. The van der Waals surface area contributed by atoms with E-state index in [2.05, 4.69) is 13.5 Å². The molecule has 0 aliphatic carbocycles. The van der Waals surface area contributed by atoms with Crippen LogP contribution in [-0.4, -0.2) is 12.6 Å². The fraction of sp³-hybridized carbons (Fsp3) is 0.429. The summed E-state index contributed by atoms with van der Waals surface area (Å²) in [5, 5.41) is 0.648. The third kappa shape index (κ3) is 4.41. The normalized spacial score (nSPS) is 12.2. The van der Waals surface area contributed by atoms with Gasteiger partial charge in [-0.15, -0.1) is 6.58 Å². The molecule has 0 amide bonds. The average molecular weight is 254 g/mol. The Morgan fingerprint density at radius 1 is 1.53 bits per heavy atom. The highest BCUT2D eigenvalue weighted by Crippen LogP contribution is 2.29. The van der Waals surface area contributed by atoms with Crippen molar-refractivity contribution in [2.24, 2.45) is 5.73 Å². The highest BCUT2D eigenvalue weighted by Gasteiger charge is 2.10. The molecule has 0 radical (unpaired) electrons. The van der Waals surface area contributed by atoms with Crippen molar-refractivity contribution in [2.45, 2.75) is 32.2 Å². The predicted molar refractivity (Wildman–Crippen MR) is 73.7 cm³/mol. The van der Waals surface area contributed by atoms with Crippen LogP contribution in [-0.2, 0) is 6.42 Å². The molecule has 1 rings (SSSR count). The summed E-state index contributed by atoms with van der Waals surface area (Å²) in [6.07, 6.45) is 4.37. The van der Waals surface area contributed by atoms with E-state index in [-0.39, 0.29) is 6.04 Å². The first-order valence-corrected chi connectivity index (χ1v) is 6.33. The van der Waals surface area contributed by atoms with Crippen LogP contribution in [0.4, 0.5) is 0 Å². The summed E-state index contributed by atoms with van der Waals surface area (Å²) in [4.78, 5) is 0. The van der Waals surface area contributed by atoms with Gasteiger partial charge in [-0.2, -0.15) is 0 Å². The minimum Gasteiger partial charge on any atom is -0.491 e. The second-order valence-electron chi connectivity index (χ2n) is 4.03. The van der Waals surface area contributed by atoms with Gasteiger partial charge in [-0.05, 0) is 30.9 Å². The quantitative estimate of drug-likeness (QED) is 0.596. The molecule has 0 heterocycles. The lowest BCUT2D eigenvalue weighted by atomic mass is 10.0. The SMILES string of the molecule is C=CCCOc1c(Cl)cccc1CC(N)CC. The molecule has 0 fully saturated rings. The van der Waals surface area contributed by atoms with E-state index >= 15 is 0 Å². The lowest BCUT2D eigenvalue weighted by molar-refractivity contribution is 0.321. The summed E-state index contributed by atoms with van der Waals surface area (Å²) < 4.78 is 5.69. The van der Waals surface area contributed by atoms with Crippen LogP contribution in [0.1, 0.15) is 25.3 Å². The molecule has 0 bridgehead atoms. The van der Waals surface area contributed by atoms with Crippen LogP contribution < -0.4 is 10.5 Å². The molecule has 0 aromatic heterocycles. The average Bonchev–Trinajstić information content (AvgIpc) is 2.32. The standard InChI is InChI=1S/C14H20ClNO/c1-3-5-9-17-14-11(10-12(16)4-2)7-6-8-13(14)15/h3,6-8,12H,1,4-5,9-10,16H2,2H3. The van der Waals surface area contributed by atoms with Crippen LogP contribution in [0.2, 0.25) is 5.02 Å². The summed E-state index contributed by atoms with van der Waals surface area (Å²) in [7, 11) is 0. The van der Waals surface area contributed by atoms with E-state index in [0.29, 0.717) is 11.6 Å². The molecule has 1 aromatic carbocycles. The topological polar surface area (TPSA) is 35.2 Å². The molecule has 1 atom stereocenters. The maximum Gasteiger partial charge on any atom is 0.141 e. The van der Waals surface area contributed by atoms with Crippen molar-refractivity contribution in [1.29, 1.82) is 0 Å². The van der Waals surface area contributed by atoms with E-state index in [1.54, 1.807) is 0 Å². The maximum atomic E-state index is 6.14. The monoisotopic (exact) mass is 253 g/mol. The molecule has 2 N–H and O–H groups in total. The third-order valence-corrected chi connectivity index (χ3v) is 2.92. The molecule has 0 saturated carbocycles. The van der Waals surface area contributed by atoms with E-state index < -0.39 is 0 Å². The van der Waals surface area contributed by atoms with E-state index in [1.165, 1.54) is 0 Å². The van der Waals surface area contributed by atoms with Crippen LogP contribution in [0, 0.1) is 0 Å². The highest BCUT2D eigenvalue weighted by atomic mass is 35.5. The molecule has 1 aromatic rings. The molecule has 1 unspecified atom stereocenters. The second kappa shape index (κ2) is 7.36. The summed E-state index contributed by atoms with van der Waals surface area (Å²) in [6, 6.07) is 5.94. The summed E-state index contributed by atoms with van der Waals surface area (Å²) in [5.74, 6) is 0.764. The number of ether oxygens (including phenoxy) is 1. The zero-order valence-electron chi connectivity index (χ0n) is 10.3. The first-order chi connectivity index (χ1) is 8.19. The van der Waals surface area contributed by atoms with Gasteiger partial charge in [0, 0.05) is 6.04 Å². The van der Waals surface area contributed by atoms with Crippen molar-refractivity contribution < 1.29 is 4.74 Å². The van der Waals surface area contributed by atoms with Crippen molar-refractivity contribution in [1.82, 2.24) is 0 Å². The van der Waals surface area contributed by atoms with Crippen LogP contribution in [0.5, 0.6) is 5.75 Å². The van der Waals surface area contributed by atoms with Crippen LogP contribution >= 0.6 is 11.6 Å². The Morgan fingerprint density at radius 2 is 2.29 bits per heavy atom. The van der Waals surface area contributed by atoms with Gasteiger partial charge in [0.25, 0.3) is 0 Å². The fourth-order valence-electron chi connectivity index (χ4n) is 1.55. The smallest absolute Gasteiger partial charge is 0.141 e. The Hall–Kier alpha value is -0.990.